The van der Waals surface area contributed by atoms with Crippen LogP contribution < -0.4 is 0 Å². The van der Waals surface area contributed by atoms with E-state index in [1.807, 2.05) is 30.0 Å². The first-order chi connectivity index (χ1) is 9.01. The average Bonchev–Trinajstić information content (AvgIpc) is 2.37. The van der Waals surface area contributed by atoms with Crippen LogP contribution in [0.2, 0.25) is 0 Å². The fourth-order valence-corrected chi connectivity index (χ4v) is 3.22. The molecule has 2 rings (SSSR count). The Hall–Kier alpha value is -0.870. The monoisotopic (exact) mass is 324 g/mol. The minimum Gasteiger partial charge on any atom is -0.336 e. The molecule has 1 atom stereocenters. The topological polar surface area (TPSA) is 23.6 Å². The summed E-state index contributed by atoms with van der Waals surface area (Å²) in [4.78, 5) is 16.9. The second kappa shape index (κ2) is 6.06. The Morgan fingerprint density at radius 3 is 2.74 bits per heavy atom. The number of likely N-dealkylation sites (N-methyl/N-ethyl adjacent to an activating group) is 1. The molecule has 0 aliphatic carbocycles. The minimum atomic E-state index is 0.149. The van der Waals surface area contributed by atoms with Crippen molar-refractivity contribution in [2.24, 2.45) is 0 Å². The molecule has 0 saturated carbocycles. The number of halogens is 1. The highest BCUT2D eigenvalue weighted by Crippen LogP contribution is 2.19. The first-order valence-corrected chi connectivity index (χ1v) is 7.57. The average molecular weight is 325 g/mol. The number of carbonyl (C=O) groups excluding carboxylic acids is 1. The van der Waals surface area contributed by atoms with Gasteiger partial charge in [0.15, 0.2) is 0 Å². The van der Waals surface area contributed by atoms with Crippen molar-refractivity contribution < 1.29 is 4.79 Å². The van der Waals surface area contributed by atoms with E-state index < -0.39 is 0 Å². The Balaban J connectivity index is 2.15. The number of piperazine rings is 1. The van der Waals surface area contributed by atoms with Gasteiger partial charge in [-0.05, 0) is 44.2 Å². The molecule has 0 N–H and O–H groups in total. The standard InChI is InChI=1S/C15H21BrN2O/c1-4-14-10-18(6-5-17(14)3)15(19)12-7-11(2)8-13(16)9-12/h7-9,14H,4-6,10H2,1-3H3. The van der Waals surface area contributed by atoms with Crippen LogP contribution >= 0.6 is 15.9 Å². The summed E-state index contributed by atoms with van der Waals surface area (Å²) < 4.78 is 0.969. The number of carbonyl (C=O) groups is 1. The van der Waals surface area contributed by atoms with Gasteiger partial charge >= 0.3 is 0 Å². The summed E-state index contributed by atoms with van der Waals surface area (Å²) in [5.74, 6) is 0.149. The lowest BCUT2D eigenvalue weighted by Gasteiger charge is -2.39. The highest BCUT2D eigenvalue weighted by molar-refractivity contribution is 9.10. The molecule has 104 valence electrons. The maximum Gasteiger partial charge on any atom is 0.253 e. The molecule has 1 saturated heterocycles. The Morgan fingerprint density at radius 2 is 2.11 bits per heavy atom. The van der Waals surface area contributed by atoms with E-state index in [9.17, 15) is 4.79 Å². The van der Waals surface area contributed by atoms with Crippen molar-refractivity contribution in [2.75, 3.05) is 26.7 Å². The van der Waals surface area contributed by atoms with Crippen LogP contribution in [0.1, 0.15) is 29.3 Å². The van der Waals surface area contributed by atoms with Crippen molar-refractivity contribution in [2.45, 2.75) is 26.3 Å². The van der Waals surface area contributed by atoms with Crippen molar-refractivity contribution in [3.63, 3.8) is 0 Å². The first kappa shape index (κ1) is 14.5. The normalized spacial score (nSPS) is 20.6. The van der Waals surface area contributed by atoms with Gasteiger partial charge in [0.05, 0.1) is 0 Å². The summed E-state index contributed by atoms with van der Waals surface area (Å²) in [6.07, 6.45) is 1.08. The molecule has 0 radical (unpaired) electrons. The largest absolute Gasteiger partial charge is 0.336 e. The predicted octanol–water partition coefficient (Wildman–Crippen LogP) is 2.92. The van der Waals surface area contributed by atoms with Gasteiger partial charge in [0.25, 0.3) is 5.91 Å². The van der Waals surface area contributed by atoms with E-state index >= 15 is 0 Å². The number of amides is 1. The molecule has 1 aromatic carbocycles. The molecule has 3 nitrogen and oxygen atoms in total. The van der Waals surface area contributed by atoms with Crippen molar-refractivity contribution in [1.29, 1.82) is 0 Å². The lowest BCUT2D eigenvalue weighted by Crippen LogP contribution is -2.52. The number of rotatable bonds is 2. The molecule has 1 amide bonds. The van der Waals surface area contributed by atoms with Crippen LogP contribution in [0.25, 0.3) is 0 Å². The third-order valence-electron chi connectivity index (χ3n) is 3.82. The van der Waals surface area contributed by atoms with Crippen LogP contribution in [0.3, 0.4) is 0 Å². The third-order valence-corrected chi connectivity index (χ3v) is 4.28. The number of benzene rings is 1. The van der Waals surface area contributed by atoms with Crippen LogP contribution in [-0.2, 0) is 0 Å². The minimum absolute atomic E-state index is 0.149. The van der Waals surface area contributed by atoms with E-state index in [1.54, 1.807) is 0 Å². The maximum atomic E-state index is 12.6. The summed E-state index contributed by atoms with van der Waals surface area (Å²) in [6, 6.07) is 6.38. The molecule has 1 aliphatic heterocycles. The van der Waals surface area contributed by atoms with E-state index in [0.29, 0.717) is 6.04 Å². The third kappa shape index (κ3) is 3.37. The summed E-state index contributed by atoms with van der Waals surface area (Å²) in [5, 5.41) is 0. The van der Waals surface area contributed by atoms with Gasteiger partial charge in [0, 0.05) is 35.7 Å². The molecule has 1 fully saturated rings. The van der Waals surface area contributed by atoms with Gasteiger partial charge in [-0.3, -0.25) is 9.69 Å². The number of aryl methyl sites for hydroxylation is 1. The van der Waals surface area contributed by atoms with Crippen LogP contribution in [0, 0.1) is 6.92 Å². The molecular formula is C15H21BrN2O. The van der Waals surface area contributed by atoms with Gasteiger partial charge in [0.1, 0.15) is 0 Å². The van der Waals surface area contributed by atoms with Gasteiger partial charge < -0.3 is 4.90 Å². The van der Waals surface area contributed by atoms with Crippen LogP contribution in [0.4, 0.5) is 0 Å². The van der Waals surface area contributed by atoms with E-state index in [2.05, 4.69) is 34.8 Å². The summed E-state index contributed by atoms with van der Waals surface area (Å²) in [5.41, 5.74) is 1.89. The number of hydrogen-bond donors (Lipinski definition) is 0. The molecule has 1 aromatic rings. The van der Waals surface area contributed by atoms with Crippen molar-refractivity contribution >= 4 is 21.8 Å². The smallest absolute Gasteiger partial charge is 0.253 e. The quantitative estimate of drug-likeness (QED) is 0.835. The fraction of sp³-hybridized carbons (Fsp3) is 0.533. The molecule has 1 aliphatic rings. The van der Waals surface area contributed by atoms with E-state index in [1.165, 1.54) is 0 Å². The van der Waals surface area contributed by atoms with E-state index in [0.717, 1.165) is 41.7 Å². The molecule has 0 aromatic heterocycles. The number of hydrogen-bond acceptors (Lipinski definition) is 2. The summed E-state index contributed by atoms with van der Waals surface area (Å²) in [7, 11) is 2.14. The Morgan fingerprint density at radius 1 is 1.37 bits per heavy atom. The first-order valence-electron chi connectivity index (χ1n) is 6.78. The van der Waals surface area contributed by atoms with Crippen LogP contribution in [-0.4, -0.2) is 48.4 Å². The highest BCUT2D eigenvalue weighted by atomic mass is 79.9. The van der Waals surface area contributed by atoms with Crippen LogP contribution in [0.15, 0.2) is 22.7 Å². The zero-order valence-corrected chi connectivity index (χ0v) is 13.4. The van der Waals surface area contributed by atoms with Crippen LogP contribution in [0.5, 0.6) is 0 Å². The molecule has 19 heavy (non-hydrogen) atoms. The maximum absolute atomic E-state index is 12.6. The van der Waals surface area contributed by atoms with Gasteiger partial charge in [0.2, 0.25) is 0 Å². The van der Waals surface area contributed by atoms with Crippen molar-refractivity contribution in [1.82, 2.24) is 9.80 Å². The molecule has 4 heteroatoms. The van der Waals surface area contributed by atoms with Crippen molar-refractivity contribution in [3.05, 3.63) is 33.8 Å². The molecule has 1 unspecified atom stereocenters. The molecule has 0 spiro atoms. The lowest BCUT2D eigenvalue weighted by molar-refractivity contribution is 0.0541. The zero-order valence-electron chi connectivity index (χ0n) is 11.8. The van der Waals surface area contributed by atoms with Gasteiger partial charge in [-0.1, -0.05) is 22.9 Å². The highest BCUT2D eigenvalue weighted by Gasteiger charge is 2.26. The fourth-order valence-electron chi connectivity index (χ4n) is 2.61. The summed E-state index contributed by atoms with van der Waals surface area (Å²) >= 11 is 3.46. The number of nitrogens with zero attached hydrogens (tertiary/aromatic N) is 2. The lowest BCUT2D eigenvalue weighted by atomic mass is 10.1. The predicted molar refractivity (Wildman–Crippen MR) is 81.5 cm³/mol. The molecular weight excluding hydrogens is 304 g/mol. The Bertz CT molecular complexity index is 455. The van der Waals surface area contributed by atoms with Gasteiger partial charge in [-0.15, -0.1) is 0 Å². The van der Waals surface area contributed by atoms with E-state index in [-0.39, 0.29) is 5.91 Å². The second-order valence-corrected chi connectivity index (χ2v) is 6.23. The van der Waals surface area contributed by atoms with Crippen molar-refractivity contribution in [3.8, 4) is 0 Å². The second-order valence-electron chi connectivity index (χ2n) is 5.31. The Kier molecular flexibility index (Phi) is 4.63. The zero-order chi connectivity index (χ0) is 14.0. The molecule has 1 heterocycles. The SMILES string of the molecule is CCC1CN(C(=O)c2cc(C)cc(Br)c2)CCN1C. The van der Waals surface area contributed by atoms with Gasteiger partial charge in [-0.2, -0.15) is 0 Å². The van der Waals surface area contributed by atoms with Gasteiger partial charge in [-0.25, -0.2) is 0 Å². The summed E-state index contributed by atoms with van der Waals surface area (Å²) in [6.45, 7) is 6.80. The molecule has 0 bridgehead atoms. The Labute approximate surface area is 123 Å². The van der Waals surface area contributed by atoms with E-state index in [4.69, 9.17) is 0 Å².